The topological polar surface area (TPSA) is 66.0 Å². The van der Waals surface area contributed by atoms with E-state index in [9.17, 15) is 0 Å². The molecule has 6 nitrogen and oxygen atoms in total. The molecule has 4 aromatic rings. The van der Waals surface area contributed by atoms with Gasteiger partial charge in [-0.25, -0.2) is 0 Å². The van der Waals surface area contributed by atoms with Gasteiger partial charge in [0.15, 0.2) is 11.0 Å². The number of thioether (sulfide) groups is 1. The van der Waals surface area contributed by atoms with Crippen LogP contribution in [0.1, 0.15) is 11.5 Å². The molecular formula is C21H20N4O2S. The molecule has 142 valence electrons. The highest BCUT2D eigenvalue weighted by atomic mass is 32.2. The van der Waals surface area contributed by atoms with E-state index < -0.39 is 0 Å². The van der Waals surface area contributed by atoms with Gasteiger partial charge >= 0.3 is 0 Å². The molecule has 7 heteroatoms. The highest BCUT2D eigenvalue weighted by Gasteiger charge is 2.16. The van der Waals surface area contributed by atoms with Crippen molar-refractivity contribution in [1.82, 2.24) is 19.7 Å². The van der Waals surface area contributed by atoms with Crippen LogP contribution >= 0.6 is 11.8 Å². The molecule has 0 aliphatic rings. The van der Waals surface area contributed by atoms with Crippen molar-refractivity contribution in [1.29, 1.82) is 0 Å². The number of methoxy groups -OCH3 is 1. The molecule has 0 bridgehead atoms. The van der Waals surface area contributed by atoms with Crippen LogP contribution < -0.4 is 4.74 Å². The number of pyridine rings is 1. The van der Waals surface area contributed by atoms with E-state index in [0.29, 0.717) is 6.54 Å². The van der Waals surface area contributed by atoms with Gasteiger partial charge in [0.1, 0.15) is 11.5 Å². The Morgan fingerprint density at radius 3 is 2.82 bits per heavy atom. The molecule has 0 saturated heterocycles. The first-order chi connectivity index (χ1) is 13.8. The zero-order valence-electron chi connectivity index (χ0n) is 15.5. The molecule has 28 heavy (non-hydrogen) atoms. The van der Waals surface area contributed by atoms with E-state index in [-0.39, 0.29) is 0 Å². The fraction of sp³-hybridized carbons (Fsp3) is 0.190. The van der Waals surface area contributed by atoms with E-state index in [0.717, 1.165) is 45.9 Å². The van der Waals surface area contributed by atoms with Crippen LogP contribution in [0.25, 0.3) is 11.4 Å². The maximum Gasteiger partial charge on any atom is 0.191 e. The molecule has 0 fully saturated rings. The highest BCUT2D eigenvalue weighted by Crippen LogP contribution is 2.27. The van der Waals surface area contributed by atoms with Gasteiger partial charge in [0.25, 0.3) is 0 Å². The van der Waals surface area contributed by atoms with Gasteiger partial charge in [0.2, 0.25) is 0 Å². The summed E-state index contributed by atoms with van der Waals surface area (Å²) in [5.74, 6) is 3.30. The zero-order valence-corrected chi connectivity index (χ0v) is 16.3. The SMILES string of the molecule is COc1cccc(-c2nnc(SCCc3ccccn3)n2Cc2ccco2)c1. The van der Waals surface area contributed by atoms with Crippen molar-refractivity contribution in [2.24, 2.45) is 0 Å². The fourth-order valence-electron chi connectivity index (χ4n) is 2.87. The van der Waals surface area contributed by atoms with E-state index in [4.69, 9.17) is 9.15 Å². The number of hydrogen-bond acceptors (Lipinski definition) is 6. The van der Waals surface area contributed by atoms with Crippen LogP contribution in [0.5, 0.6) is 5.75 Å². The van der Waals surface area contributed by atoms with Crippen LogP contribution in [-0.2, 0) is 13.0 Å². The molecular weight excluding hydrogens is 372 g/mol. The quantitative estimate of drug-likeness (QED) is 0.416. The molecule has 0 aliphatic carbocycles. The molecule has 0 atom stereocenters. The third kappa shape index (κ3) is 4.26. The predicted octanol–water partition coefficient (Wildman–Crippen LogP) is 4.32. The monoisotopic (exact) mass is 392 g/mol. The number of aromatic nitrogens is 4. The van der Waals surface area contributed by atoms with Crippen LogP contribution in [0.2, 0.25) is 0 Å². The first kappa shape index (κ1) is 18.3. The second kappa shape index (κ2) is 8.75. The van der Waals surface area contributed by atoms with E-state index in [1.165, 1.54) is 0 Å². The van der Waals surface area contributed by atoms with Crippen LogP contribution in [0.3, 0.4) is 0 Å². The summed E-state index contributed by atoms with van der Waals surface area (Å²) in [5.41, 5.74) is 2.02. The summed E-state index contributed by atoms with van der Waals surface area (Å²) in [6.07, 6.45) is 4.37. The summed E-state index contributed by atoms with van der Waals surface area (Å²) >= 11 is 1.67. The van der Waals surface area contributed by atoms with E-state index in [1.807, 2.05) is 60.8 Å². The summed E-state index contributed by atoms with van der Waals surface area (Å²) in [7, 11) is 1.66. The number of furan rings is 1. The van der Waals surface area contributed by atoms with Gasteiger partial charge in [-0.15, -0.1) is 10.2 Å². The molecule has 0 spiro atoms. The summed E-state index contributed by atoms with van der Waals surface area (Å²) in [6.45, 7) is 0.568. The Morgan fingerprint density at radius 2 is 2.04 bits per heavy atom. The number of hydrogen-bond donors (Lipinski definition) is 0. The smallest absolute Gasteiger partial charge is 0.191 e. The number of nitrogens with zero attached hydrogens (tertiary/aromatic N) is 4. The van der Waals surface area contributed by atoms with Gasteiger partial charge in [-0.2, -0.15) is 0 Å². The largest absolute Gasteiger partial charge is 0.497 e. The number of aryl methyl sites for hydroxylation is 1. The van der Waals surface area contributed by atoms with Crippen molar-refractivity contribution in [3.05, 3.63) is 78.5 Å². The average Bonchev–Trinajstić information content (AvgIpc) is 3.40. The maximum absolute atomic E-state index is 5.55. The Bertz CT molecular complexity index is 1020. The van der Waals surface area contributed by atoms with Gasteiger partial charge in [-0.3, -0.25) is 9.55 Å². The lowest BCUT2D eigenvalue weighted by atomic mass is 10.2. The number of benzene rings is 1. The first-order valence-electron chi connectivity index (χ1n) is 8.96. The van der Waals surface area contributed by atoms with Crippen LogP contribution in [-0.4, -0.2) is 32.6 Å². The van der Waals surface area contributed by atoms with Gasteiger partial charge in [0.05, 0.1) is 19.9 Å². The highest BCUT2D eigenvalue weighted by molar-refractivity contribution is 7.99. The summed E-state index contributed by atoms with van der Waals surface area (Å²) in [6, 6.07) is 17.7. The van der Waals surface area contributed by atoms with Gasteiger partial charge < -0.3 is 9.15 Å². The van der Waals surface area contributed by atoms with Crippen LogP contribution in [0, 0.1) is 0 Å². The second-order valence-corrected chi connectivity index (χ2v) is 7.19. The maximum atomic E-state index is 5.55. The molecule has 0 saturated carbocycles. The Kier molecular flexibility index (Phi) is 5.72. The normalized spacial score (nSPS) is 10.9. The van der Waals surface area contributed by atoms with Gasteiger partial charge in [-0.05, 0) is 42.8 Å². The van der Waals surface area contributed by atoms with Crippen molar-refractivity contribution in [2.45, 2.75) is 18.1 Å². The molecule has 0 N–H and O–H groups in total. The third-order valence-corrected chi connectivity index (χ3v) is 5.22. The summed E-state index contributed by atoms with van der Waals surface area (Å²) < 4.78 is 13.0. The van der Waals surface area contributed by atoms with Crippen molar-refractivity contribution in [2.75, 3.05) is 12.9 Å². The van der Waals surface area contributed by atoms with E-state index >= 15 is 0 Å². The van der Waals surface area contributed by atoms with Crippen LogP contribution in [0.15, 0.2) is 76.6 Å². The third-order valence-electron chi connectivity index (χ3n) is 4.25. The minimum Gasteiger partial charge on any atom is -0.497 e. The minimum atomic E-state index is 0.568. The molecule has 4 rings (SSSR count). The van der Waals surface area contributed by atoms with Crippen molar-refractivity contribution in [3.63, 3.8) is 0 Å². The lowest BCUT2D eigenvalue weighted by Crippen LogP contribution is -2.04. The molecule has 0 radical (unpaired) electrons. The lowest BCUT2D eigenvalue weighted by molar-refractivity contribution is 0.415. The van der Waals surface area contributed by atoms with E-state index in [1.54, 1.807) is 25.1 Å². The molecule has 3 heterocycles. The van der Waals surface area contributed by atoms with Crippen molar-refractivity contribution >= 4 is 11.8 Å². The molecule has 0 amide bonds. The Morgan fingerprint density at radius 1 is 1.07 bits per heavy atom. The first-order valence-corrected chi connectivity index (χ1v) is 9.95. The minimum absolute atomic E-state index is 0.568. The van der Waals surface area contributed by atoms with Crippen molar-refractivity contribution in [3.8, 4) is 17.1 Å². The molecule has 0 aliphatic heterocycles. The second-order valence-electron chi connectivity index (χ2n) is 6.12. The Labute approximate surface area is 167 Å². The molecule has 0 unspecified atom stereocenters. The average molecular weight is 392 g/mol. The zero-order chi connectivity index (χ0) is 19.2. The van der Waals surface area contributed by atoms with Gasteiger partial charge in [-0.1, -0.05) is 30.0 Å². The van der Waals surface area contributed by atoms with Gasteiger partial charge in [0, 0.05) is 23.2 Å². The summed E-state index contributed by atoms with van der Waals surface area (Å²) in [4.78, 5) is 4.38. The fourth-order valence-corrected chi connectivity index (χ4v) is 3.76. The standard InChI is InChI=1S/C21H20N4O2S/c1-26-18-8-4-6-16(14-18)20-23-24-21(25(20)15-19-9-5-12-27-19)28-13-10-17-7-2-3-11-22-17/h2-9,11-12,14H,10,13,15H2,1H3. The molecule has 3 aromatic heterocycles. The van der Waals surface area contributed by atoms with Crippen LogP contribution in [0.4, 0.5) is 0 Å². The number of ether oxygens (including phenoxy) is 1. The Hall–Kier alpha value is -3.06. The Balaban J connectivity index is 1.59. The lowest BCUT2D eigenvalue weighted by Gasteiger charge is -2.09. The summed E-state index contributed by atoms with van der Waals surface area (Å²) in [5, 5.41) is 9.73. The van der Waals surface area contributed by atoms with Crippen molar-refractivity contribution < 1.29 is 9.15 Å². The molecule has 1 aromatic carbocycles. The number of rotatable bonds is 8. The predicted molar refractivity (Wildman–Crippen MR) is 108 cm³/mol. The van der Waals surface area contributed by atoms with E-state index in [2.05, 4.69) is 19.7 Å².